The van der Waals surface area contributed by atoms with Gasteiger partial charge in [-0.15, -0.1) is 0 Å². The molecule has 22 heavy (non-hydrogen) atoms. The molecular formula is C18H23N2O2+. The summed E-state index contributed by atoms with van der Waals surface area (Å²) in [6.45, 7) is 1.58. The van der Waals surface area contributed by atoms with Gasteiger partial charge in [-0.2, -0.15) is 0 Å². The van der Waals surface area contributed by atoms with Crippen molar-refractivity contribution < 1.29 is 14.5 Å². The van der Waals surface area contributed by atoms with E-state index >= 15 is 0 Å². The number of phenols is 1. The molecule has 2 rings (SSSR count). The summed E-state index contributed by atoms with van der Waals surface area (Å²) in [5.41, 5.74) is 1.11. The first kappa shape index (κ1) is 16.0. The molecule has 0 aliphatic carbocycles. The SMILES string of the molecule is O=C(CCCC[n+]1ccccc1)NCCc1ccc(O)cc1. The second kappa shape index (κ2) is 8.82. The standard InChI is InChI=1S/C18H22N2O2/c21-17-9-7-16(8-10-17)11-12-19-18(22)6-2-5-15-20-13-3-1-4-14-20/h1,3-4,7-10,13-14H,2,5-6,11-12,15H2,(H-,19,21,22)/p+1. The van der Waals surface area contributed by atoms with E-state index < -0.39 is 0 Å². The van der Waals surface area contributed by atoms with E-state index in [-0.39, 0.29) is 11.7 Å². The number of benzene rings is 1. The molecule has 0 aliphatic heterocycles. The zero-order valence-corrected chi connectivity index (χ0v) is 12.7. The normalized spacial score (nSPS) is 10.4. The average Bonchev–Trinajstić information content (AvgIpc) is 2.54. The molecule has 0 atom stereocenters. The van der Waals surface area contributed by atoms with Gasteiger partial charge in [0.15, 0.2) is 12.4 Å². The molecule has 1 amide bonds. The van der Waals surface area contributed by atoms with Crippen molar-refractivity contribution in [3.63, 3.8) is 0 Å². The molecule has 116 valence electrons. The second-order valence-corrected chi connectivity index (χ2v) is 5.34. The highest BCUT2D eigenvalue weighted by Crippen LogP contribution is 2.09. The smallest absolute Gasteiger partial charge is 0.220 e. The number of carbonyl (C=O) groups is 1. The molecule has 0 unspecified atom stereocenters. The molecule has 0 saturated carbocycles. The molecule has 0 aliphatic rings. The van der Waals surface area contributed by atoms with Crippen LogP contribution in [0.4, 0.5) is 0 Å². The Hall–Kier alpha value is -2.36. The first-order chi connectivity index (χ1) is 10.7. The first-order valence-electron chi connectivity index (χ1n) is 7.73. The van der Waals surface area contributed by atoms with Crippen LogP contribution >= 0.6 is 0 Å². The van der Waals surface area contributed by atoms with Crippen LogP contribution < -0.4 is 9.88 Å². The van der Waals surface area contributed by atoms with Crippen molar-refractivity contribution >= 4 is 5.91 Å². The Kier molecular flexibility index (Phi) is 6.42. The highest BCUT2D eigenvalue weighted by molar-refractivity contribution is 5.75. The lowest BCUT2D eigenvalue weighted by atomic mass is 10.1. The average molecular weight is 299 g/mol. The number of pyridine rings is 1. The van der Waals surface area contributed by atoms with E-state index in [2.05, 4.69) is 9.88 Å². The highest BCUT2D eigenvalue weighted by atomic mass is 16.3. The van der Waals surface area contributed by atoms with Crippen LogP contribution in [0.2, 0.25) is 0 Å². The molecule has 1 heterocycles. The molecular weight excluding hydrogens is 276 g/mol. The number of nitrogens with one attached hydrogen (secondary N) is 1. The number of aromatic nitrogens is 1. The monoisotopic (exact) mass is 299 g/mol. The lowest BCUT2D eigenvalue weighted by molar-refractivity contribution is -0.697. The molecule has 1 aromatic carbocycles. The van der Waals surface area contributed by atoms with Crippen molar-refractivity contribution in [3.05, 3.63) is 60.4 Å². The van der Waals surface area contributed by atoms with E-state index in [1.165, 1.54) is 0 Å². The van der Waals surface area contributed by atoms with Crippen LogP contribution in [-0.4, -0.2) is 17.6 Å². The van der Waals surface area contributed by atoms with Gasteiger partial charge in [-0.05, 0) is 30.5 Å². The third-order valence-electron chi connectivity index (χ3n) is 3.52. The van der Waals surface area contributed by atoms with Crippen LogP contribution in [0.1, 0.15) is 24.8 Å². The Bertz CT molecular complexity index is 567. The van der Waals surface area contributed by atoms with Crippen LogP contribution in [0.3, 0.4) is 0 Å². The number of phenolic OH excluding ortho intramolecular Hbond substituents is 1. The van der Waals surface area contributed by atoms with Gasteiger partial charge in [0.25, 0.3) is 0 Å². The van der Waals surface area contributed by atoms with Gasteiger partial charge in [-0.1, -0.05) is 18.2 Å². The van der Waals surface area contributed by atoms with Gasteiger partial charge >= 0.3 is 0 Å². The third kappa shape index (κ3) is 5.95. The quantitative estimate of drug-likeness (QED) is 0.580. The number of carbonyl (C=O) groups excluding carboxylic acids is 1. The largest absolute Gasteiger partial charge is 0.508 e. The van der Waals surface area contributed by atoms with Gasteiger partial charge in [0.1, 0.15) is 12.3 Å². The molecule has 0 radical (unpaired) electrons. The lowest BCUT2D eigenvalue weighted by Gasteiger charge is -2.05. The van der Waals surface area contributed by atoms with E-state index in [1.807, 2.05) is 42.7 Å². The third-order valence-corrected chi connectivity index (χ3v) is 3.52. The fourth-order valence-electron chi connectivity index (χ4n) is 2.26. The summed E-state index contributed by atoms with van der Waals surface area (Å²) in [7, 11) is 0. The fraction of sp³-hybridized carbons (Fsp3) is 0.333. The van der Waals surface area contributed by atoms with Crippen molar-refractivity contribution in [2.45, 2.75) is 32.2 Å². The Labute approximate surface area is 131 Å². The first-order valence-corrected chi connectivity index (χ1v) is 7.73. The van der Waals surface area contributed by atoms with Gasteiger partial charge in [-0.25, -0.2) is 4.57 Å². The van der Waals surface area contributed by atoms with E-state index in [4.69, 9.17) is 0 Å². The molecule has 2 N–H and O–H groups in total. The van der Waals surface area contributed by atoms with Crippen LogP contribution in [-0.2, 0) is 17.8 Å². The van der Waals surface area contributed by atoms with Gasteiger partial charge in [0.05, 0.1) is 0 Å². The zero-order valence-electron chi connectivity index (χ0n) is 12.7. The van der Waals surface area contributed by atoms with Gasteiger partial charge < -0.3 is 10.4 Å². The van der Waals surface area contributed by atoms with Crippen LogP contribution in [0.15, 0.2) is 54.9 Å². The lowest BCUT2D eigenvalue weighted by Crippen LogP contribution is -2.32. The van der Waals surface area contributed by atoms with Crippen molar-refractivity contribution in [3.8, 4) is 5.75 Å². The van der Waals surface area contributed by atoms with Crippen LogP contribution in [0, 0.1) is 0 Å². The minimum Gasteiger partial charge on any atom is -0.508 e. The molecule has 0 saturated heterocycles. The van der Waals surface area contributed by atoms with E-state index in [9.17, 15) is 9.90 Å². The maximum atomic E-state index is 11.7. The molecule has 0 fully saturated rings. The number of unbranched alkanes of at least 4 members (excludes halogenated alkanes) is 1. The second-order valence-electron chi connectivity index (χ2n) is 5.34. The van der Waals surface area contributed by atoms with Crippen molar-refractivity contribution in [2.24, 2.45) is 0 Å². The Balaban J connectivity index is 1.55. The summed E-state index contributed by atoms with van der Waals surface area (Å²) in [4.78, 5) is 11.7. The zero-order chi connectivity index (χ0) is 15.6. The Morgan fingerprint density at radius 3 is 2.50 bits per heavy atom. The minimum absolute atomic E-state index is 0.108. The Morgan fingerprint density at radius 1 is 1.05 bits per heavy atom. The van der Waals surface area contributed by atoms with Gasteiger partial charge in [0.2, 0.25) is 5.91 Å². The summed E-state index contributed by atoms with van der Waals surface area (Å²) < 4.78 is 2.13. The van der Waals surface area contributed by atoms with Crippen molar-refractivity contribution in [2.75, 3.05) is 6.54 Å². The van der Waals surface area contributed by atoms with Crippen LogP contribution in [0.25, 0.3) is 0 Å². The number of nitrogens with zero attached hydrogens (tertiary/aromatic N) is 1. The highest BCUT2D eigenvalue weighted by Gasteiger charge is 2.03. The van der Waals surface area contributed by atoms with E-state index in [0.29, 0.717) is 13.0 Å². The van der Waals surface area contributed by atoms with Crippen molar-refractivity contribution in [1.82, 2.24) is 5.32 Å². The number of aromatic hydroxyl groups is 1. The summed E-state index contributed by atoms with van der Waals surface area (Å²) in [5.74, 6) is 0.376. The number of amides is 1. The summed E-state index contributed by atoms with van der Waals surface area (Å²) in [5, 5.41) is 12.1. The maximum Gasteiger partial charge on any atom is 0.220 e. The predicted octanol–water partition coefficient (Wildman–Crippen LogP) is 2.21. The number of aryl methyl sites for hydroxylation is 1. The Morgan fingerprint density at radius 2 is 1.77 bits per heavy atom. The summed E-state index contributed by atoms with van der Waals surface area (Å²) in [6, 6.07) is 13.1. The molecule has 4 nitrogen and oxygen atoms in total. The number of hydrogen-bond acceptors (Lipinski definition) is 2. The molecule has 1 aromatic heterocycles. The van der Waals surface area contributed by atoms with Gasteiger partial charge in [0, 0.05) is 31.5 Å². The molecule has 2 aromatic rings. The molecule has 4 heteroatoms. The summed E-state index contributed by atoms with van der Waals surface area (Å²) in [6.07, 6.45) is 7.33. The van der Waals surface area contributed by atoms with E-state index in [1.54, 1.807) is 12.1 Å². The fourth-order valence-corrected chi connectivity index (χ4v) is 2.26. The molecule has 0 bridgehead atoms. The predicted molar refractivity (Wildman–Crippen MR) is 85.3 cm³/mol. The topological polar surface area (TPSA) is 53.2 Å². The summed E-state index contributed by atoms with van der Waals surface area (Å²) >= 11 is 0. The van der Waals surface area contributed by atoms with Gasteiger partial charge in [-0.3, -0.25) is 4.79 Å². The van der Waals surface area contributed by atoms with Crippen molar-refractivity contribution in [1.29, 1.82) is 0 Å². The maximum absolute atomic E-state index is 11.7. The number of hydrogen-bond donors (Lipinski definition) is 2. The van der Waals surface area contributed by atoms with E-state index in [0.717, 1.165) is 31.4 Å². The number of rotatable bonds is 8. The molecule has 0 spiro atoms. The van der Waals surface area contributed by atoms with Crippen LogP contribution in [0.5, 0.6) is 5.75 Å². The minimum atomic E-state index is 0.108.